The summed E-state index contributed by atoms with van der Waals surface area (Å²) < 4.78 is 7.97. The third kappa shape index (κ3) is 2.24. The molecule has 1 aliphatic carbocycles. The van der Waals surface area contributed by atoms with Gasteiger partial charge in [0.25, 0.3) is 0 Å². The Labute approximate surface area is 103 Å². The van der Waals surface area contributed by atoms with Crippen molar-refractivity contribution in [1.82, 2.24) is 14.9 Å². The van der Waals surface area contributed by atoms with Crippen LogP contribution >= 0.6 is 0 Å². The van der Waals surface area contributed by atoms with Gasteiger partial charge in [-0.25, -0.2) is 4.98 Å². The quantitative estimate of drug-likeness (QED) is 0.851. The molecular weight excluding hydrogens is 214 g/mol. The van der Waals surface area contributed by atoms with Gasteiger partial charge in [-0.15, -0.1) is 0 Å². The second kappa shape index (κ2) is 5.19. The van der Waals surface area contributed by atoms with Crippen LogP contribution in [0, 0.1) is 0 Å². The highest BCUT2D eigenvalue weighted by atomic mass is 16.5. The van der Waals surface area contributed by atoms with Gasteiger partial charge in [-0.3, -0.25) is 0 Å². The minimum Gasteiger partial charge on any atom is -0.376 e. The maximum Gasteiger partial charge on any atom is 0.128 e. The molecule has 1 fully saturated rings. The fourth-order valence-electron chi connectivity index (χ4n) is 2.96. The number of nitrogens with one attached hydrogen (secondary N) is 1. The lowest BCUT2D eigenvalue weighted by Crippen LogP contribution is -2.44. The smallest absolute Gasteiger partial charge is 0.128 e. The summed E-state index contributed by atoms with van der Waals surface area (Å²) in [5.74, 6) is 1.08. The summed E-state index contributed by atoms with van der Waals surface area (Å²) in [6.45, 7) is 3.07. The number of ether oxygens (including phenoxy) is 1. The van der Waals surface area contributed by atoms with Crippen molar-refractivity contribution < 1.29 is 4.74 Å². The Balaban J connectivity index is 2.31. The number of hydrogen-bond acceptors (Lipinski definition) is 3. The molecule has 17 heavy (non-hydrogen) atoms. The zero-order valence-electron chi connectivity index (χ0n) is 11.1. The second-order valence-corrected chi connectivity index (χ2v) is 4.86. The van der Waals surface area contributed by atoms with Gasteiger partial charge < -0.3 is 14.6 Å². The van der Waals surface area contributed by atoms with E-state index in [0.29, 0.717) is 0 Å². The third-order valence-corrected chi connectivity index (χ3v) is 3.91. The van der Waals surface area contributed by atoms with Gasteiger partial charge in [0.2, 0.25) is 0 Å². The molecule has 1 aromatic rings. The summed E-state index contributed by atoms with van der Waals surface area (Å²) in [5, 5.41) is 3.55. The van der Waals surface area contributed by atoms with E-state index in [-0.39, 0.29) is 11.6 Å². The fourth-order valence-corrected chi connectivity index (χ4v) is 2.96. The normalized spacial score (nSPS) is 20.6. The first-order valence-electron chi connectivity index (χ1n) is 6.49. The molecule has 2 rings (SSSR count). The molecule has 4 nitrogen and oxygen atoms in total. The molecule has 1 aliphatic rings. The van der Waals surface area contributed by atoms with E-state index < -0.39 is 0 Å². The van der Waals surface area contributed by atoms with Crippen LogP contribution in [0.1, 0.15) is 44.5 Å². The van der Waals surface area contributed by atoms with E-state index in [2.05, 4.69) is 21.8 Å². The molecule has 0 saturated heterocycles. The lowest BCUT2D eigenvalue weighted by atomic mass is 9.91. The Morgan fingerprint density at radius 1 is 1.53 bits per heavy atom. The lowest BCUT2D eigenvalue weighted by Gasteiger charge is -2.36. The molecular formula is C13H23N3O. The van der Waals surface area contributed by atoms with E-state index in [1.807, 2.05) is 26.6 Å². The summed E-state index contributed by atoms with van der Waals surface area (Å²) in [4.78, 5) is 4.49. The zero-order chi connectivity index (χ0) is 12.3. The van der Waals surface area contributed by atoms with Crippen molar-refractivity contribution in [1.29, 1.82) is 0 Å². The number of methoxy groups -OCH3 is 1. The van der Waals surface area contributed by atoms with Crippen LogP contribution in [0.25, 0.3) is 0 Å². The summed E-state index contributed by atoms with van der Waals surface area (Å²) in [7, 11) is 3.88. The highest BCUT2D eigenvalue weighted by molar-refractivity contribution is 5.09. The summed E-state index contributed by atoms with van der Waals surface area (Å²) in [6.07, 6.45) is 8.60. The number of imidazole rings is 1. The Morgan fingerprint density at radius 2 is 2.24 bits per heavy atom. The predicted molar refractivity (Wildman–Crippen MR) is 67.8 cm³/mol. The van der Waals surface area contributed by atoms with Crippen molar-refractivity contribution in [3.05, 3.63) is 18.2 Å². The van der Waals surface area contributed by atoms with E-state index in [0.717, 1.165) is 25.2 Å². The van der Waals surface area contributed by atoms with Crippen molar-refractivity contribution in [2.75, 3.05) is 13.7 Å². The van der Waals surface area contributed by atoms with Crippen LogP contribution in [-0.4, -0.2) is 28.8 Å². The van der Waals surface area contributed by atoms with Gasteiger partial charge in [-0.2, -0.15) is 0 Å². The van der Waals surface area contributed by atoms with Crippen LogP contribution in [-0.2, 0) is 11.8 Å². The van der Waals surface area contributed by atoms with Crippen LogP contribution in [0.15, 0.2) is 12.4 Å². The number of aryl methyl sites for hydroxylation is 1. The minimum atomic E-state index is -0.0743. The molecule has 1 unspecified atom stereocenters. The van der Waals surface area contributed by atoms with E-state index in [1.165, 1.54) is 12.8 Å². The van der Waals surface area contributed by atoms with E-state index in [1.54, 1.807) is 0 Å². The van der Waals surface area contributed by atoms with Crippen molar-refractivity contribution in [2.24, 2.45) is 7.05 Å². The average molecular weight is 237 g/mol. The van der Waals surface area contributed by atoms with Crippen molar-refractivity contribution in [3.8, 4) is 0 Å². The molecule has 0 spiro atoms. The standard InChI is InChI=1S/C13H23N3O/c1-4-14-11(12-15-9-10-16(12)2)13(17-3)7-5-6-8-13/h9-11,14H,4-8H2,1-3H3. The molecule has 0 radical (unpaired) electrons. The predicted octanol–water partition coefficient (Wildman–Crippen LogP) is 2.03. The van der Waals surface area contributed by atoms with Crippen molar-refractivity contribution >= 4 is 0 Å². The van der Waals surface area contributed by atoms with Gasteiger partial charge in [0.05, 0.1) is 11.6 Å². The number of aromatic nitrogens is 2. The largest absolute Gasteiger partial charge is 0.376 e. The van der Waals surface area contributed by atoms with Gasteiger partial charge in [-0.1, -0.05) is 19.8 Å². The van der Waals surface area contributed by atoms with Gasteiger partial charge in [-0.05, 0) is 19.4 Å². The van der Waals surface area contributed by atoms with Gasteiger partial charge >= 0.3 is 0 Å². The third-order valence-electron chi connectivity index (χ3n) is 3.91. The number of likely N-dealkylation sites (N-methyl/N-ethyl adjacent to an activating group) is 1. The number of rotatable bonds is 5. The van der Waals surface area contributed by atoms with Crippen molar-refractivity contribution in [3.63, 3.8) is 0 Å². The van der Waals surface area contributed by atoms with Crippen LogP contribution in [0.4, 0.5) is 0 Å². The molecule has 1 aromatic heterocycles. The van der Waals surface area contributed by atoms with E-state index in [9.17, 15) is 0 Å². The maximum atomic E-state index is 5.88. The molecule has 0 aromatic carbocycles. The average Bonchev–Trinajstić information content (AvgIpc) is 2.96. The topological polar surface area (TPSA) is 39.1 Å². The number of nitrogens with zero attached hydrogens (tertiary/aromatic N) is 2. The molecule has 1 heterocycles. The first-order valence-corrected chi connectivity index (χ1v) is 6.49. The van der Waals surface area contributed by atoms with Gasteiger partial charge in [0.15, 0.2) is 0 Å². The van der Waals surface area contributed by atoms with Crippen molar-refractivity contribution in [2.45, 2.75) is 44.2 Å². The summed E-state index contributed by atoms with van der Waals surface area (Å²) in [6, 6.07) is 0.194. The first-order chi connectivity index (χ1) is 8.23. The molecule has 1 atom stereocenters. The second-order valence-electron chi connectivity index (χ2n) is 4.86. The SMILES string of the molecule is CCNC(c1nccn1C)C1(OC)CCCC1. The Morgan fingerprint density at radius 3 is 2.71 bits per heavy atom. The van der Waals surface area contributed by atoms with Crippen LogP contribution in [0.3, 0.4) is 0 Å². The van der Waals surface area contributed by atoms with Gasteiger partial charge in [0.1, 0.15) is 5.82 Å². The fraction of sp³-hybridized carbons (Fsp3) is 0.769. The van der Waals surface area contributed by atoms with E-state index in [4.69, 9.17) is 4.74 Å². The molecule has 0 amide bonds. The number of hydrogen-bond donors (Lipinski definition) is 1. The molecule has 1 saturated carbocycles. The Bertz CT molecular complexity index is 355. The Hall–Kier alpha value is -0.870. The molecule has 1 N–H and O–H groups in total. The zero-order valence-corrected chi connectivity index (χ0v) is 11.1. The highest BCUT2D eigenvalue weighted by Crippen LogP contribution is 2.41. The van der Waals surface area contributed by atoms with Crippen LogP contribution in [0.5, 0.6) is 0 Å². The lowest BCUT2D eigenvalue weighted by molar-refractivity contribution is -0.0393. The molecule has 0 aliphatic heterocycles. The monoisotopic (exact) mass is 237 g/mol. The highest BCUT2D eigenvalue weighted by Gasteiger charge is 2.43. The molecule has 4 heteroatoms. The molecule has 0 bridgehead atoms. The summed E-state index contributed by atoms with van der Waals surface area (Å²) in [5.41, 5.74) is -0.0743. The maximum absolute atomic E-state index is 5.88. The first kappa shape index (κ1) is 12.6. The van der Waals surface area contributed by atoms with E-state index >= 15 is 0 Å². The molecule has 96 valence electrons. The van der Waals surface area contributed by atoms with Crippen LogP contribution in [0.2, 0.25) is 0 Å². The summed E-state index contributed by atoms with van der Waals surface area (Å²) >= 11 is 0. The van der Waals surface area contributed by atoms with Gasteiger partial charge in [0, 0.05) is 26.6 Å². The van der Waals surface area contributed by atoms with Crippen LogP contribution < -0.4 is 5.32 Å². The minimum absolute atomic E-state index is 0.0743. The Kier molecular flexibility index (Phi) is 3.84.